The fourth-order valence-electron chi connectivity index (χ4n) is 2.99. The number of ether oxygens (including phenoxy) is 1. The van der Waals surface area contributed by atoms with Gasteiger partial charge < -0.3 is 15.0 Å². The Kier molecular flexibility index (Phi) is 3.00. The van der Waals surface area contributed by atoms with Crippen LogP contribution in [0.3, 0.4) is 0 Å². The van der Waals surface area contributed by atoms with E-state index < -0.39 is 0 Å². The van der Waals surface area contributed by atoms with E-state index in [2.05, 4.69) is 29.4 Å². The lowest BCUT2D eigenvalue weighted by Crippen LogP contribution is -2.11. The van der Waals surface area contributed by atoms with Crippen molar-refractivity contribution in [2.75, 3.05) is 20.2 Å². The number of rotatable bonds is 3. The maximum Gasteiger partial charge on any atom is 0.142 e. The molecule has 18 heavy (non-hydrogen) atoms. The van der Waals surface area contributed by atoms with Gasteiger partial charge in [-0.2, -0.15) is 0 Å². The fraction of sp³-hybridized carbons (Fsp3) is 0.467. The van der Waals surface area contributed by atoms with E-state index in [1.54, 1.807) is 7.11 Å². The molecule has 1 saturated heterocycles. The van der Waals surface area contributed by atoms with E-state index in [1.165, 1.54) is 23.1 Å². The van der Waals surface area contributed by atoms with Gasteiger partial charge in [-0.3, -0.25) is 0 Å². The lowest BCUT2D eigenvalue weighted by molar-refractivity contribution is 0.419. The van der Waals surface area contributed by atoms with Crippen LogP contribution < -0.4 is 10.1 Å². The number of methoxy groups -OCH3 is 1. The van der Waals surface area contributed by atoms with Gasteiger partial charge in [-0.15, -0.1) is 0 Å². The van der Waals surface area contributed by atoms with Gasteiger partial charge in [0.2, 0.25) is 0 Å². The van der Waals surface area contributed by atoms with Crippen LogP contribution in [-0.4, -0.2) is 25.2 Å². The van der Waals surface area contributed by atoms with Crippen LogP contribution in [0.1, 0.15) is 17.7 Å². The number of hydrogen-bond donors (Lipinski definition) is 2. The highest BCUT2D eigenvalue weighted by molar-refractivity contribution is 5.89. The lowest BCUT2D eigenvalue weighted by Gasteiger charge is -2.08. The minimum atomic E-state index is 0.772. The summed E-state index contributed by atoms with van der Waals surface area (Å²) in [6.07, 6.45) is 2.45. The Balaban J connectivity index is 2.02. The Morgan fingerprint density at radius 3 is 3.00 bits per heavy atom. The highest BCUT2D eigenvalue weighted by atomic mass is 16.5. The molecule has 3 nitrogen and oxygen atoms in total. The molecule has 1 aliphatic heterocycles. The second-order valence-corrected chi connectivity index (χ2v) is 5.17. The highest BCUT2D eigenvalue weighted by Crippen LogP contribution is 2.31. The number of aryl methyl sites for hydroxylation is 1. The maximum atomic E-state index is 5.42. The van der Waals surface area contributed by atoms with Gasteiger partial charge in [0.25, 0.3) is 0 Å². The van der Waals surface area contributed by atoms with Gasteiger partial charge in [0, 0.05) is 11.1 Å². The molecule has 2 N–H and O–H groups in total. The van der Waals surface area contributed by atoms with Gasteiger partial charge in [-0.05, 0) is 50.4 Å². The quantitative estimate of drug-likeness (QED) is 0.871. The molecular weight excluding hydrogens is 224 g/mol. The molecule has 1 fully saturated rings. The Morgan fingerprint density at radius 2 is 2.28 bits per heavy atom. The molecule has 0 aliphatic carbocycles. The summed E-state index contributed by atoms with van der Waals surface area (Å²) in [5.41, 5.74) is 3.87. The van der Waals surface area contributed by atoms with Crippen LogP contribution in [-0.2, 0) is 6.42 Å². The van der Waals surface area contributed by atoms with Crippen molar-refractivity contribution < 1.29 is 4.74 Å². The van der Waals surface area contributed by atoms with E-state index in [4.69, 9.17) is 4.74 Å². The van der Waals surface area contributed by atoms with Crippen molar-refractivity contribution in [1.82, 2.24) is 10.3 Å². The van der Waals surface area contributed by atoms with Crippen LogP contribution >= 0.6 is 0 Å². The molecule has 0 saturated carbocycles. The predicted molar refractivity (Wildman–Crippen MR) is 74.3 cm³/mol. The second kappa shape index (κ2) is 4.65. The van der Waals surface area contributed by atoms with E-state index in [0.717, 1.165) is 36.7 Å². The summed E-state index contributed by atoms with van der Waals surface area (Å²) in [5, 5.41) is 4.76. The molecule has 96 valence electrons. The maximum absolute atomic E-state index is 5.42. The highest BCUT2D eigenvalue weighted by Gasteiger charge is 2.19. The molecule has 3 heteroatoms. The number of hydrogen-bond acceptors (Lipinski definition) is 2. The number of H-pyrrole nitrogens is 1. The number of benzene rings is 1. The normalized spacial score (nSPS) is 19.6. The van der Waals surface area contributed by atoms with Gasteiger partial charge in [0.15, 0.2) is 0 Å². The average Bonchev–Trinajstić information content (AvgIpc) is 2.99. The third kappa shape index (κ3) is 1.89. The van der Waals surface area contributed by atoms with Crippen molar-refractivity contribution in [2.24, 2.45) is 5.92 Å². The molecule has 0 amide bonds. The van der Waals surface area contributed by atoms with E-state index in [9.17, 15) is 0 Å². The molecule has 1 aromatic carbocycles. The lowest BCUT2D eigenvalue weighted by atomic mass is 9.96. The standard InChI is InChI=1S/C15H20N2O/c1-10-13(8-11-6-7-16-9-11)12-4-3-5-14(18-2)15(12)17-10/h3-5,11,16-17H,6-9H2,1-2H3. The number of aromatic amines is 1. The van der Waals surface area contributed by atoms with Crippen LogP contribution in [0.5, 0.6) is 5.75 Å². The van der Waals surface area contributed by atoms with E-state index in [1.807, 2.05) is 6.07 Å². The first kappa shape index (κ1) is 11.6. The number of para-hydroxylation sites is 1. The van der Waals surface area contributed by atoms with Gasteiger partial charge >= 0.3 is 0 Å². The summed E-state index contributed by atoms with van der Waals surface area (Å²) in [7, 11) is 1.73. The Bertz CT molecular complexity index is 553. The summed E-state index contributed by atoms with van der Waals surface area (Å²) in [5.74, 6) is 1.71. The van der Waals surface area contributed by atoms with Gasteiger partial charge in [0.1, 0.15) is 5.75 Å². The van der Waals surface area contributed by atoms with Crippen molar-refractivity contribution in [2.45, 2.75) is 19.8 Å². The molecule has 2 heterocycles. The molecule has 0 spiro atoms. The van der Waals surface area contributed by atoms with E-state index >= 15 is 0 Å². The summed E-state index contributed by atoms with van der Waals surface area (Å²) >= 11 is 0. The summed E-state index contributed by atoms with van der Waals surface area (Å²) < 4.78 is 5.42. The number of aromatic nitrogens is 1. The van der Waals surface area contributed by atoms with Crippen LogP contribution in [0.4, 0.5) is 0 Å². The molecule has 0 bridgehead atoms. The molecular formula is C15H20N2O. The number of nitrogens with one attached hydrogen (secondary N) is 2. The molecule has 2 aromatic rings. The van der Waals surface area contributed by atoms with Crippen LogP contribution in [0, 0.1) is 12.8 Å². The largest absolute Gasteiger partial charge is 0.495 e. The van der Waals surface area contributed by atoms with Gasteiger partial charge in [-0.1, -0.05) is 12.1 Å². The first-order valence-corrected chi connectivity index (χ1v) is 6.64. The fourth-order valence-corrected chi connectivity index (χ4v) is 2.99. The SMILES string of the molecule is COc1cccc2c(CC3CCNC3)c(C)[nH]c12. The minimum Gasteiger partial charge on any atom is -0.495 e. The number of fused-ring (bicyclic) bond motifs is 1. The summed E-state index contributed by atoms with van der Waals surface area (Å²) in [6.45, 7) is 4.47. The molecule has 3 rings (SSSR count). The van der Waals surface area contributed by atoms with Crippen LogP contribution in [0.25, 0.3) is 10.9 Å². The smallest absolute Gasteiger partial charge is 0.142 e. The van der Waals surface area contributed by atoms with Crippen LogP contribution in [0.2, 0.25) is 0 Å². The predicted octanol–water partition coefficient (Wildman–Crippen LogP) is 2.64. The molecule has 1 aromatic heterocycles. The summed E-state index contributed by atoms with van der Waals surface area (Å²) in [4.78, 5) is 3.48. The van der Waals surface area contributed by atoms with Crippen LogP contribution in [0.15, 0.2) is 18.2 Å². The van der Waals surface area contributed by atoms with Crippen molar-refractivity contribution in [3.05, 3.63) is 29.5 Å². The Hall–Kier alpha value is -1.48. The Labute approximate surface area is 108 Å². The third-order valence-corrected chi connectivity index (χ3v) is 3.99. The van der Waals surface area contributed by atoms with Crippen molar-refractivity contribution >= 4 is 10.9 Å². The van der Waals surface area contributed by atoms with Gasteiger partial charge in [0.05, 0.1) is 12.6 Å². The second-order valence-electron chi connectivity index (χ2n) is 5.17. The van der Waals surface area contributed by atoms with Gasteiger partial charge in [-0.25, -0.2) is 0 Å². The molecule has 1 aliphatic rings. The zero-order valence-electron chi connectivity index (χ0n) is 11.0. The molecule has 1 unspecified atom stereocenters. The van der Waals surface area contributed by atoms with E-state index in [-0.39, 0.29) is 0 Å². The average molecular weight is 244 g/mol. The Morgan fingerprint density at radius 1 is 1.39 bits per heavy atom. The topological polar surface area (TPSA) is 37.0 Å². The zero-order valence-corrected chi connectivity index (χ0v) is 11.0. The van der Waals surface area contributed by atoms with E-state index in [0.29, 0.717) is 0 Å². The molecule has 0 radical (unpaired) electrons. The van der Waals surface area contributed by atoms with Crippen molar-refractivity contribution in [3.8, 4) is 5.75 Å². The summed E-state index contributed by atoms with van der Waals surface area (Å²) in [6, 6.07) is 6.28. The first-order chi connectivity index (χ1) is 8.79. The minimum absolute atomic E-state index is 0.772. The zero-order chi connectivity index (χ0) is 12.5. The third-order valence-electron chi connectivity index (χ3n) is 3.99. The van der Waals surface area contributed by atoms with Crippen molar-refractivity contribution in [3.63, 3.8) is 0 Å². The van der Waals surface area contributed by atoms with Crippen molar-refractivity contribution in [1.29, 1.82) is 0 Å². The first-order valence-electron chi connectivity index (χ1n) is 6.64. The monoisotopic (exact) mass is 244 g/mol. The molecule has 1 atom stereocenters.